The number of carboxylic acids is 1. The fraction of sp³-hybridized carbons (Fsp3) is 0.182. The summed E-state index contributed by atoms with van der Waals surface area (Å²) in [5.74, 6) is -3.58. The molecular weight excluding hydrogens is 478 g/mol. The van der Waals surface area contributed by atoms with Crippen molar-refractivity contribution in [3.8, 4) is 11.6 Å². The van der Waals surface area contributed by atoms with Crippen molar-refractivity contribution >= 4 is 35.0 Å². The van der Waals surface area contributed by atoms with Crippen molar-refractivity contribution in [2.24, 2.45) is 0 Å². The zero-order valence-corrected chi connectivity index (χ0v) is 19.1. The van der Waals surface area contributed by atoms with Gasteiger partial charge in [-0.2, -0.15) is 0 Å². The number of aromatic nitrogens is 2. The van der Waals surface area contributed by atoms with Gasteiger partial charge < -0.3 is 31.3 Å². The predicted molar refractivity (Wildman–Crippen MR) is 123 cm³/mol. The van der Waals surface area contributed by atoms with Gasteiger partial charge in [0.1, 0.15) is 17.5 Å². The summed E-state index contributed by atoms with van der Waals surface area (Å²) in [6.45, 7) is 1.33. The molecule has 0 bridgehead atoms. The number of hydrogen-bond acceptors (Lipinski definition) is 9. The van der Waals surface area contributed by atoms with Crippen molar-refractivity contribution in [1.29, 1.82) is 0 Å². The number of aryl methyl sites for hydroxylation is 1. The van der Waals surface area contributed by atoms with Gasteiger partial charge in [0.25, 0.3) is 17.7 Å². The number of aromatic hydroxyl groups is 2. The van der Waals surface area contributed by atoms with Crippen LogP contribution in [-0.2, 0) is 11.3 Å². The molecule has 1 aromatic carbocycles. The zero-order valence-electron chi connectivity index (χ0n) is 18.3. The maximum Gasteiger partial charge on any atom is 0.328 e. The van der Waals surface area contributed by atoms with Crippen molar-refractivity contribution in [1.82, 2.24) is 25.9 Å². The van der Waals surface area contributed by atoms with E-state index in [1.165, 1.54) is 18.2 Å². The third-order valence-corrected chi connectivity index (χ3v) is 5.89. The Morgan fingerprint density at radius 1 is 1.00 bits per heavy atom. The van der Waals surface area contributed by atoms with E-state index in [0.29, 0.717) is 11.1 Å². The Morgan fingerprint density at radius 3 is 2.43 bits per heavy atom. The first-order valence-electron chi connectivity index (χ1n) is 10.1. The number of phenols is 1. The minimum Gasteiger partial charge on any atom is -0.508 e. The molecular formula is C22H21N5O7S. The Bertz CT molecular complexity index is 1260. The molecule has 2 aromatic heterocycles. The summed E-state index contributed by atoms with van der Waals surface area (Å²) in [4.78, 5) is 56.5. The molecule has 13 heteroatoms. The van der Waals surface area contributed by atoms with Crippen LogP contribution in [0.1, 0.15) is 41.0 Å². The number of nitrogens with zero attached hydrogens (tertiary/aromatic N) is 2. The van der Waals surface area contributed by atoms with Gasteiger partial charge in [-0.25, -0.2) is 14.8 Å². The second-order valence-corrected chi connectivity index (χ2v) is 8.36. The van der Waals surface area contributed by atoms with E-state index in [-0.39, 0.29) is 33.6 Å². The lowest BCUT2D eigenvalue weighted by molar-refractivity contribution is -0.139. The number of thiophene rings is 1. The average Bonchev–Trinajstić information content (AvgIpc) is 3.22. The molecule has 1 unspecified atom stereocenters. The molecule has 0 saturated carbocycles. The molecule has 182 valence electrons. The Labute approximate surface area is 202 Å². The SMILES string of the molecule is Cc1cc(C(=O)NCc2cccc(O)c2)sc1C(=O)NC(CNC(=O)c1cnc(O)cn1)C(=O)O. The highest BCUT2D eigenvalue weighted by molar-refractivity contribution is 7.16. The number of hydrogen-bond donors (Lipinski definition) is 6. The monoisotopic (exact) mass is 499 g/mol. The average molecular weight is 500 g/mol. The van der Waals surface area contributed by atoms with Gasteiger partial charge in [0.15, 0.2) is 0 Å². The summed E-state index contributed by atoms with van der Waals surface area (Å²) in [5.41, 5.74) is 1.02. The minimum atomic E-state index is -1.46. The number of carboxylic acid groups (broad SMARTS) is 1. The first-order valence-corrected chi connectivity index (χ1v) is 10.9. The van der Waals surface area contributed by atoms with E-state index in [2.05, 4.69) is 25.9 Å². The van der Waals surface area contributed by atoms with E-state index in [0.717, 1.165) is 23.7 Å². The molecule has 6 N–H and O–H groups in total. The molecule has 0 fully saturated rings. The molecule has 3 aromatic rings. The van der Waals surface area contributed by atoms with Crippen LogP contribution in [0.25, 0.3) is 0 Å². The van der Waals surface area contributed by atoms with Gasteiger partial charge in [0, 0.05) is 13.1 Å². The number of amides is 3. The van der Waals surface area contributed by atoms with Crippen molar-refractivity contribution in [2.75, 3.05) is 6.54 Å². The first kappa shape index (κ1) is 25.1. The molecule has 0 radical (unpaired) electrons. The summed E-state index contributed by atoms with van der Waals surface area (Å²) in [6.07, 6.45) is 1.98. The number of carbonyl (C=O) groups excluding carboxylic acids is 3. The Balaban J connectivity index is 1.60. The van der Waals surface area contributed by atoms with Crippen LogP contribution in [0.2, 0.25) is 0 Å². The number of benzene rings is 1. The molecule has 3 rings (SSSR count). The number of phenolic OH excluding ortho intramolecular Hbond substituents is 1. The van der Waals surface area contributed by atoms with Gasteiger partial charge in [-0.1, -0.05) is 12.1 Å². The maximum absolute atomic E-state index is 12.7. The summed E-state index contributed by atoms with van der Waals surface area (Å²) in [5, 5.41) is 35.4. The van der Waals surface area contributed by atoms with E-state index >= 15 is 0 Å². The summed E-state index contributed by atoms with van der Waals surface area (Å²) >= 11 is 0.895. The van der Waals surface area contributed by atoms with Gasteiger partial charge in [0.2, 0.25) is 5.88 Å². The van der Waals surface area contributed by atoms with E-state index in [4.69, 9.17) is 5.11 Å². The van der Waals surface area contributed by atoms with Crippen molar-refractivity contribution in [3.05, 3.63) is 69.3 Å². The largest absolute Gasteiger partial charge is 0.508 e. The molecule has 0 aliphatic carbocycles. The van der Waals surface area contributed by atoms with Crippen LogP contribution >= 0.6 is 11.3 Å². The lowest BCUT2D eigenvalue weighted by Crippen LogP contribution is -2.48. The van der Waals surface area contributed by atoms with Crippen LogP contribution in [0.4, 0.5) is 0 Å². The normalized spacial score (nSPS) is 11.3. The number of rotatable bonds is 9. The van der Waals surface area contributed by atoms with Crippen LogP contribution < -0.4 is 16.0 Å². The molecule has 0 aliphatic heterocycles. The molecule has 3 amide bonds. The molecule has 2 heterocycles. The Kier molecular flexibility index (Phi) is 7.94. The topological polar surface area (TPSA) is 191 Å². The van der Waals surface area contributed by atoms with Gasteiger partial charge in [-0.15, -0.1) is 11.3 Å². The standard InChI is InChI=1S/C22H21N5O7S/c1-11-5-16(20(31)25-7-12-3-2-4-13(28)6-12)35-18(11)21(32)27-15(22(33)34)9-26-19(30)14-8-24-17(29)10-23-14/h2-6,8,10,15,28H,7,9H2,1H3,(H,24,29)(H,25,31)(H,26,30)(H,27,32)(H,33,34). The number of aliphatic carboxylic acids is 1. The fourth-order valence-corrected chi connectivity index (χ4v) is 3.89. The third kappa shape index (κ3) is 6.74. The van der Waals surface area contributed by atoms with Crippen molar-refractivity contribution in [3.63, 3.8) is 0 Å². The Hall–Kier alpha value is -4.52. The highest BCUT2D eigenvalue weighted by Crippen LogP contribution is 2.22. The van der Waals surface area contributed by atoms with Gasteiger partial charge in [-0.3, -0.25) is 14.4 Å². The molecule has 0 aliphatic rings. The first-order chi connectivity index (χ1) is 16.6. The van der Waals surface area contributed by atoms with E-state index in [1.54, 1.807) is 19.1 Å². The van der Waals surface area contributed by atoms with E-state index < -0.39 is 36.3 Å². The third-order valence-electron chi connectivity index (χ3n) is 4.65. The molecule has 35 heavy (non-hydrogen) atoms. The highest BCUT2D eigenvalue weighted by atomic mass is 32.1. The quantitative estimate of drug-likeness (QED) is 0.247. The Morgan fingerprint density at radius 2 is 1.77 bits per heavy atom. The fourth-order valence-electron chi connectivity index (χ4n) is 2.90. The van der Waals surface area contributed by atoms with Gasteiger partial charge >= 0.3 is 5.97 Å². The second-order valence-electron chi connectivity index (χ2n) is 7.31. The van der Waals surface area contributed by atoms with E-state index in [1.807, 2.05) is 0 Å². The molecule has 0 spiro atoms. The minimum absolute atomic E-state index is 0.0721. The van der Waals surface area contributed by atoms with E-state index in [9.17, 15) is 29.4 Å². The van der Waals surface area contributed by atoms with Crippen molar-refractivity contribution in [2.45, 2.75) is 19.5 Å². The molecule has 12 nitrogen and oxygen atoms in total. The van der Waals surface area contributed by atoms with Gasteiger partial charge in [0.05, 0.1) is 22.1 Å². The van der Waals surface area contributed by atoms with Crippen LogP contribution in [-0.4, -0.2) is 61.6 Å². The predicted octanol–water partition coefficient (Wildman–Crippen LogP) is 0.801. The molecule has 1 atom stereocenters. The van der Waals surface area contributed by atoms with Crippen LogP contribution in [0, 0.1) is 6.92 Å². The maximum atomic E-state index is 12.7. The summed E-state index contributed by atoms with van der Waals surface area (Å²) in [7, 11) is 0. The van der Waals surface area contributed by atoms with Crippen LogP contribution in [0.3, 0.4) is 0 Å². The molecule has 0 saturated heterocycles. The summed E-state index contributed by atoms with van der Waals surface area (Å²) in [6, 6.07) is 6.46. The van der Waals surface area contributed by atoms with Crippen LogP contribution in [0.15, 0.2) is 42.7 Å². The zero-order chi connectivity index (χ0) is 25.5. The van der Waals surface area contributed by atoms with Crippen LogP contribution in [0.5, 0.6) is 11.6 Å². The number of carbonyl (C=O) groups is 4. The highest BCUT2D eigenvalue weighted by Gasteiger charge is 2.25. The smallest absolute Gasteiger partial charge is 0.328 e. The summed E-state index contributed by atoms with van der Waals surface area (Å²) < 4.78 is 0. The lowest BCUT2D eigenvalue weighted by Gasteiger charge is -2.15. The number of nitrogens with one attached hydrogen (secondary N) is 3. The van der Waals surface area contributed by atoms with Crippen molar-refractivity contribution < 1.29 is 34.5 Å². The van der Waals surface area contributed by atoms with Gasteiger partial charge in [-0.05, 0) is 36.2 Å². The lowest BCUT2D eigenvalue weighted by atomic mass is 10.2. The second kappa shape index (κ2) is 11.1.